The second-order valence-corrected chi connectivity index (χ2v) is 8.43. The Kier molecular flexibility index (Phi) is 5.58. The number of imide groups is 1. The Balaban J connectivity index is 1.46. The summed E-state index contributed by atoms with van der Waals surface area (Å²) in [6.45, 7) is 0.0126. The molecule has 2 fully saturated rings. The molecule has 2 aliphatic rings. The van der Waals surface area contributed by atoms with Crippen LogP contribution in [0.5, 0.6) is 0 Å². The van der Waals surface area contributed by atoms with Gasteiger partial charge in [-0.15, -0.1) is 0 Å². The summed E-state index contributed by atoms with van der Waals surface area (Å²) in [6.07, 6.45) is 0.207. The summed E-state index contributed by atoms with van der Waals surface area (Å²) < 4.78 is 5.68. The molecule has 1 aromatic heterocycles. The first-order valence-electron chi connectivity index (χ1n) is 9.13. The minimum absolute atomic E-state index is 0.0691. The number of hydrogen-bond acceptors (Lipinski definition) is 8. The number of methoxy groups -OCH3 is 1. The number of urea groups is 1. The highest BCUT2D eigenvalue weighted by atomic mass is 35.5. The van der Waals surface area contributed by atoms with Crippen LogP contribution in [0.4, 0.5) is 9.93 Å². The number of nitrogens with one attached hydrogen (secondary N) is 2. The predicted octanol–water partition coefficient (Wildman–Crippen LogP) is 1.06. The van der Waals surface area contributed by atoms with Crippen molar-refractivity contribution in [1.82, 2.24) is 20.1 Å². The summed E-state index contributed by atoms with van der Waals surface area (Å²) in [7, 11) is 1.26. The van der Waals surface area contributed by atoms with Crippen LogP contribution in [0.25, 0.3) is 10.2 Å². The Morgan fingerprint density at radius 2 is 2.20 bits per heavy atom. The van der Waals surface area contributed by atoms with E-state index in [2.05, 4.69) is 15.6 Å². The molecular weight excluding hydrogens is 434 g/mol. The van der Waals surface area contributed by atoms with E-state index >= 15 is 0 Å². The average molecular weight is 452 g/mol. The number of fused-ring (bicyclic) bond motifs is 1. The van der Waals surface area contributed by atoms with Gasteiger partial charge in [-0.25, -0.2) is 9.78 Å². The van der Waals surface area contributed by atoms with Crippen LogP contribution in [0, 0.1) is 0 Å². The van der Waals surface area contributed by atoms with Gasteiger partial charge < -0.3 is 15.4 Å². The monoisotopic (exact) mass is 451 g/mol. The van der Waals surface area contributed by atoms with Crippen molar-refractivity contribution in [3.8, 4) is 0 Å². The number of thiazole rings is 1. The second-order valence-electron chi connectivity index (χ2n) is 6.96. The highest BCUT2D eigenvalue weighted by Gasteiger charge is 2.45. The fourth-order valence-corrected chi connectivity index (χ4v) is 4.88. The largest absolute Gasteiger partial charge is 0.468 e. The lowest BCUT2D eigenvalue weighted by Gasteiger charge is -2.22. The lowest BCUT2D eigenvalue weighted by molar-refractivity contribution is -0.146. The minimum atomic E-state index is -0.735. The number of amides is 4. The number of anilines is 1. The predicted molar refractivity (Wildman–Crippen MR) is 109 cm³/mol. The number of ether oxygens (including phenoxy) is 1. The molecular formula is C18H18ClN5O5S. The van der Waals surface area contributed by atoms with Gasteiger partial charge in [0.25, 0.3) is 0 Å². The Hall–Kier alpha value is -2.76. The first-order valence-corrected chi connectivity index (χ1v) is 10.3. The molecule has 1 aromatic carbocycles. The SMILES string of the molecule is COC(=O)[C@@H]1C[C@H](N2C(=O)CNC2=O)CN1CC(=O)Nc1nc2ccc(Cl)cc2s1. The molecule has 0 aliphatic carbocycles. The molecule has 30 heavy (non-hydrogen) atoms. The molecule has 2 aliphatic heterocycles. The van der Waals surface area contributed by atoms with Gasteiger partial charge in [0.1, 0.15) is 6.04 Å². The van der Waals surface area contributed by atoms with E-state index in [0.717, 1.165) is 9.60 Å². The Labute approximate surface area is 180 Å². The zero-order chi connectivity index (χ0) is 21.4. The van der Waals surface area contributed by atoms with Crippen LogP contribution in [-0.4, -0.2) is 77.4 Å². The van der Waals surface area contributed by atoms with E-state index in [1.54, 1.807) is 23.1 Å². The molecule has 158 valence electrons. The number of halogens is 1. The van der Waals surface area contributed by atoms with Crippen molar-refractivity contribution in [3.63, 3.8) is 0 Å². The maximum absolute atomic E-state index is 12.6. The van der Waals surface area contributed by atoms with Crippen LogP contribution < -0.4 is 10.6 Å². The number of benzene rings is 1. The van der Waals surface area contributed by atoms with E-state index in [9.17, 15) is 19.2 Å². The lowest BCUT2D eigenvalue weighted by atomic mass is 10.1. The van der Waals surface area contributed by atoms with Crippen molar-refractivity contribution >= 4 is 62.1 Å². The Bertz CT molecular complexity index is 1030. The van der Waals surface area contributed by atoms with E-state index in [1.807, 2.05) is 0 Å². The van der Waals surface area contributed by atoms with Crippen LogP contribution in [0.15, 0.2) is 18.2 Å². The smallest absolute Gasteiger partial charge is 0.324 e. The summed E-state index contributed by atoms with van der Waals surface area (Å²) in [6, 6.07) is 3.51. The molecule has 0 saturated carbocycles. The summed E-state index contributed by atoms with van der Waals surface area (Å²) >= 11 is 7.27. The van der Waals surface area contributed by atoms with Crippen molar-refractivity contribution in [1.29, 1.82) is 0 Å². The van der Waals surface area contributed by atoms with Gasteiger partial charge >= 0.3 is 12.0 Å². The number of carbonyl (C=O) groups is 4. The average Bonchev–Trinajstić information content (AvgIpc) is 3.37. The van der Waals surface area contributed by atoms with Crippen molar-refractivity contribution in [2.24, 2.45) is 0 Å². The number of rotatable bonds is 5. The number of carbonyl (C=O) groups excluding carboxylic acids is 4. The van der Waals surface area contributed by atoms with Crippen LogP contribution in [0.1, 0.15) is 6.42 Å². The highest BCUT2D eigenvalue weighted by Crippen LogP contribution is 2.29. The van der Waals surface area contributed by atoms with E-state index in [0.29, 0.717) is 15.7 Å². The van der Waals surface area contributed by atoms with Gasteiger partial charge in [-0.05, 0) is 24.6 Å². The molecule has 3 heterocycles. The zero-order valence-corrected chi connectivity index (χ0v) is 17.5. The molecule has 2 aromatic rings. The van der Waals surface area contributed by atoms with Gasteiger partial charge in [-0.3, -0.25) is 24.2 Å². The molecule has 0 bridgehead atoms. The Morgan fingerprint density at radius 1 is 1.40 bits per heavy atom. The maximum Gasteiger partial charge on any atom is 0.324 e. The lowest BCUT2D eigenvalue weighted by Crippen LogP contribution is -2.43. The van der Waals surface area contributed by atoms with E-state index in [1.165, 1.54) is 18.4 Å². The molecule has 12 heteroatoms. The molecule has 2 saturated heterocycles. The molecule has 2 N–H and O–H groups in total. The quantitative estimate of drug-likeness (QED) is 0.515. The second kappa shape index (κ2) is 8.17. The first-order chi connectivity index (χ1) is 14.4. The molecule has 4 amide bonds. The third-order valence-electron chi connectivity index (χ3n) is 5.04. The zero-order valence-electron chi connectivity index (χ0n) is 15.9. The van der Waals surface area contributed by atoms with E-state index < -0.39 is 24.1 Å². The molecule has 2 atom stereocenters. The van der Waals surface area contributed by atoms with Gasteiger partial charge in [0.05, 0.1) is 36.5 Å². The highest BCUT2D eigenvalue weighted by molar-refractivity contribution is 7.22. The first kappa shape index (κ1) is 20.5. The van der Waals surface area contributed by atoms with Crippen LogP contribution in [0.2, 0.25) is 5.02 Å². The molecule has 0 unspecified atom stereocenters. The maximum atomic E-state index is 12.6. The normalized spacial score (nSPS) is 21.9. The van der Waals surface area contributed by atoms with Crippen molar-refractivity contribution in [3.05, 3.63) is 23.2 Å². The summed E-state index contributed by atoms with van der Waals surface area (Å²) in [5.41, 5.74) is 0.715. The summed E-state index contributed by atoms with van der Waals surface area (Å²) in [5.74, 6) is -1.24. The third-order valence-corrected chi connectivity index (χ3v) is 6.21. The molecule has 0 radical (unpaired) electrons. The standard InChI is InChI=1S/C18H18ClN5O5S/c1-29-16(27)12-5-10(24-15(26)6-20-18(24)28)7-23(12)8-14(25)22-17-21-11-3-2-9(19)4-13(11)30-17/h2-4,10,12H,5-8H2,1H3,(H,20,28)(H,21,22,25)/t10-,12-/m0/s1. The van der Waals surface area contributed by atoms with Gasteiger partial charge in [0.15, 0.2) is 5.13 Å². The van der Waals surface area contributed by atoms with Gasteiger partial charge in [0.2, 0.25) is 11.8 Å². The number of aromatic nitrogens is 1. The van der Waals surface area contributed by atoms with Gasteiger partial charge in [0, 0.05) is 11.6 Å². The number of esters is 1. The Morgan fingerprint density at radius 3 is 2.90 bits per heavy atom. The number of likely N-dealkylation sites (tertiary alicyclic amines) is 1. The molecule has 10 nitrogen and oxygen atoms in total. The van der Waals surface area contributed by atoms with E-state index in [4.69, 9.17) is 16.3 Å². The number of hydrogen-bond donors (Lipinski definition) is 2. The molecule has 0 spiro atoms. The van der Waals surface area contributed by atoms with Crippen molar-refractivity contribution in [2.75, 3.05) is 32.1 Å². The fourth-order valence-electron chi connectivity index (χ4n) is 3.72. The molecule has 4 rings (SSSR count). The van der Waals surface area contributed by atoms with Crippen LogP contribution >= 0.6 is 22.9 Å². The van der Waals surface area contributed by atoms with Crippen molar-refractivity contribution in [2.45, 2.75) is 18.5 Å². The van der Waals surface area contributed by atoms with Crippen molar-refractivity contribution < 1.29 is 23.9 Å². The summed E-state index contributed by atoms with van der Waals surface area (Å²) in [5, 5.41) is 6.19. The topological polar surface area (TPSA) is 121 Å². The number of nitrogens with zero attached hydrogens (tertiary/aromatic N) is 3. The van der Waals surface area contributed by atoms with Gasteiger partial charge in [-0.2, -0.15) is 0 Å². The van der Waals surface area contributed by atoms with E-state index in [-0.39, 0.29) is 37.9 Å². The van der Waals surface area contributed by atoms with Crippen LogP contribution in [-0.2, 0) is 19.1 Å². The van der Waals surface area contributed by atoms with Crippen LogP contribution in [0.3, 0.4) is 0 Å². The third kappa shape index (κ3) is 3.95. The van der Waals surface area contributed by atoms with Gasteiger partial charge in [-0.1, -0.05) is 22.9 Å². The summed E-state index contributed by atoms with van der Waals surface area (Å²) in [4.78, 5) is 55.9. The fraction of sp³-hybridized carbons (Fsp3) is 0.389. The minimum Gasteiger partial charge on any atom is -0.468 e.